The van der Waals surface area contributed by atoms with E-state index in [0.29, 0.717) is 52.2 Å². The Morgan fingerprint density at radius 1 is 0.891 bits per heavy atom. The van der Waals surface area contributed by atoms with Gasteiger partial charge in [-0.2, -0.15) is 5.26 Å². The Morgan fingerprint density at radius 3 is 2.07 bits per heavy atom. The van der Waals surface area contributed by atoms with Gasteiger partial charge in [-0.05, 0) is 78.9 Å². The van der Waals surface area contributed by atoms with Crippen LogP contribution in [0.5, 0.6) is 5.75 Å². The van der Waals surface area contributed by atoms with Crippen LogP contribution in [0.1, 0.15) is 101 Å². The normalized spacial score (nSPS) is 24.5. The number of piperidine rings is 2. The molecule has 8 rings (SSSR count). The quantitative estimate of drug-likeness (QED) is 0.309. The van der Waals surface area contributed by atoms with Crippen molar-refractivity contribution in [1.29, 1.82) is 5.26 Å². The summed E-state index contributed by atoms with van der Waals surface area (Å²) in [6.45, 7) is 11.4. The van der Waals surface area contributed by atoms with E-state index in [-0.39, 0.29) is 41.7 Å². The first kappa shape index (κ1) is 36.7. The monoisotopic (exact) mass is 762 g/mol. The molecule has 284 valence electrons. The molecule has 5 amide bonds. The van der Waals surface area contributed by atoms with Gasteiger partial charge in [0.1, 0.15) is 24.0 Å². The largest absolute Gasteiger partial charge is 0.489 e. The summed E-state index contributed by atoms with van der Waals surface area (Å²) in [4.78, 5) is 70.0. The minimum Gasteiger partial charge on any atom is -0.489 e. The van der Waals surface area contributed by atoms with E-state index in [1.165, 1.54) is 0 Å². The molecule has 12 nitrogen and oxygen atoms in total. The van der Waals surface area contributed by atoms with Crippen molar-refractivity contribution in [3.8, 4) is 11.8 Å². The molecule has 1 atom stereocenters. The Hall–Kier alpha value is -5.25. The second-order valence-electron chi connectivity index (χ2n) is 16.6. The summed E-state index contributed by atoms with van der Waals surface area (Å²) in [7, 11) is 0. The average molecular weight is 763 g/mol. The molecule has 3 aromatic rings. The fourth-order valence-electron chi connectivity index (χ4n) is 9.78. The molecule has 1 unspecified atom stereocenters. The number of benzene rings is 3. The van der Waals surface area contributed by atoms with E-state index in [0.717, 1.165) is 47.6 Å². The van der Waals surface area contributed by atoms with Crippen LogP contribution in [0.2, 0.25) is 5.02 Å². The SMILES string of the molecule is CC1(C)C(NC(=O)c2ccc(N3CCC(N4Cc5cc6c(cc5C4)C(=O)N(C4CCC(=O)NC4=O)C6=O)CC3)cc2)C(C)(C)C1Oc1ccc(C#N)c(Cl)c1. The zero-order valence-corrected chi connectivity index (χ0v) is 32.0. The molecule has 13 heteroatoms. The number of amides is 5. The molecule has 0 aromatic heterocycles. The minimum atomic E-state index is -0.973. The van der Waals surface area contributed by atoms with Crippen molar-refractivity contribution >= 4 is 46.8 Å². The number of imide groups is 2. The van der Waals surface area contributed by atoms with Crippen molar-refractivity contribution < 1.29 is 28.7 Å². The number of carbonyl (C=O) groups excluding carboxylic acids is 5. The summed E-state index contributed by atoms with van der Waals surface area (Å²) in [5.74, 6) is -1.51. The molecule has 55 heavy (non-hydrogen) atoms. The van der Waals surface area contributed by atoms with Crippen LogP contribution >= 0.6 is 11.6 Å². The van der Waals surface area contributed by atoms with Crippen molar-refractivity contribution in [1.82, 2.24) is 20.4 Å². The van der Waals surface area contributed by atoms with Gasteiger partial charge in [0.25, 0.3) is 17.7 Å². The third kappa shape index (κ3) is 6.23. The fourth-order valence-corrected chi connectivity index (χ4v) is 9.99. The van der Waals surface area contributed by atoms with E-state index >= 15 is 0 Å². The van der Waals surface area contributed by atoms with Gasteiger partial charge in [-0.3, -0.25) is 39.1 Å². The molecule has 2 N–H and O–H groups in total. The molecule has 1 aliphatic carbocycles. The number of fused-ring (bicyclic) bond motifs is 2. The lowest BCUT2D eigenvalue weighted by molar-refractivity contribution is -0.164. The van der Waals surface area contributed by atoms with Gasteiger partial charge in [0.05, 0.1) is 21.7 Å². The molecule has 5 aliphatic rings. The average Bonchev–Trinajstić information content (AvgIpc) is 3.69. The number of halogens is 1. The Bertz CT molecular complexity index is 2130. The lowest BCUT2D eigenvalue weighted by Crippen LogP contribution is -2.74. The van der Waals surface area contributed by atoms with Gasteiger partial charge >= 0.3 is 0 Å². The molecule has 4 aliphatic heterocycles. The molecule has 0 bridgehead atoms. The fraction of sp³-hybridized carbons (Fsp3) is 0.429. The van der Waals surface area contributed by atoms with Crippen LogP contribution in [0, 0.1) is 22.2 Å². The number of nitrogens with zero attached hydrogens (tertiary/aromatic N) is 4. The smallest absolute Gasteiger partial charge is 0.262 e. The summed E-state index contributed by atoms with van der Waals surface area (Å²) in [6, 6.07) is 17.7. The minimum absolute atomic E-state index is 0.0898. The number of rotatable bonds is 7. The highest BCUT2D eigenvalue weighted by atomic mass is 35.5. The molecular weight excluding hydrogens is 720 g/mol. The van der Waals surface area contributed by atoms with Crippen LogP contribution in [0.15, 0.2) is 54.6 Å². The van der Waals surface area contributed by atoms with Gasteiger partial charge in [0.2, 0.25) is 11.8 Å². The van der Waals surface area contributed by atoms with Crippen LogP contribution in [0.3, 0.4) is 0 Å². The number of nitriles is 1. The zero-order chi connectivity index (χ0) is 39.0. The van der Waals surface area contributed by atoms with Gasteiger partial charge in [0, 0.05) is 72.8 Å². The summed E-state index contributed by atoms with van der Waals surface area (Å²) >= 11 is 6.24. The summed E-state index contributed by atoms with van der Waals surface area (Å²) in [5, 5.41) is 15.1. The highest BCUT2D eigenvalue weighted by Gasteiger charge is 2.64. The van der Waals surface area contributed by atoms with Gasteiger partial charge in [-0.25, -0.2) is 0 Å². The lowest BCUT2D eigenvalue weighted by Gasteiger charge is -2.63. The maximum absolute atomic E-state index is 13.5. The Labute approximate surface area is 324 Å². The number of anilines is 1. The van der Waals surface area contributed by atoms with Crippen LogP contribution < -0.4 is 20.3 Å². The molecule has 4 heterocycles. The number of hydrogen-bond donors (Lipinski definition) is 2. The van der Waals surface area contributed by atoms with Crippen molar-refractivity contribution in [2.24, 2.45) is 10.8 Å². The van der Waals surface area contributed by atoms with Crippen LogP contribution in [0.25, 0.3) is 0 Å². The number of carbonyl (C=O) groups is 5. The van der Waals surface area contributed by atoms with E-state index in [1.54, 1.807) is 18.2 Å². The molecule has 0 spiro atoms. The van der Waals surface area contributed by atoms with Gasteiger partial charge in [0.15, 0.2) is 0 Å². The maximum Gasteiger partial charge on any atom is 0.262 e. The summed E-state index contributed by atoms with van der Waals surface area (Å²) < 4.78 is 6.37. The van der Waals surface area contributed by atoms with Gasteiger partial charge in [-0.15, -0.1) is 0 Å². The Morgan fingerprint density at radius 2 is 1.51 bits per heavy atom. The highest BCUT2D eigenvalue weighted by Crippen LogP contribution is 2.55. The number of nitrogens with one attached hydrogen (secondary N) is 2. The standard InChI is InChI=1S/C42H43ClN6O6/c1-41(2)39(42(3,4)40(41)55-29-10-7-24(20-44)32(43)19-29)46-35(51)23-5-8-27(9-6-23)47-15-13-28(14-16-47)48-21-25-17-30-31(18-26(25)22-48)38(54)49(37(30)53)33-11-12-34(50)45-36(33)52/h5-10,17-19,28,33,39-40H,11-16,21-22H2,1-4H3,(H,46,51)(H,45,50,52). The Balaban J connectivity index is 0.846. The predicted octanol–water partition coefficient (Wildman–Crippen LogP) is 5.21. The molecular formula is C42H43ClN6O6. The molecule has 3 fully saturated rings. The highest BCUT2D eigenvalue weighted by molar-refractivity contribution is 6.31. The number of ether oxygens (including phenoxy) is 1. The second kappa shape index (κ2) is 13.5. The summed E-state index contributed by atoms with van der Waals surface area (Å²) in [5.41, 5.74) is 4.01. The lowest BCUT2D eigenvalue weighted by atomic mass is 9.49. The van der Waals surface area contributed by atoms with E-state index in [9.17, 15) is 29.2 Å². The molecule has 2 saturated heterocycles. The topological polar surface area (TPSA) is 152 Å². The van der Waals surface area contributed by atoms with Gasteiger partial charge < -0.3 is 15.0 Å². The van der Waals surface area contributed by atoms with Crippen molar-refractivity contribution in [2.45, 2.75) is 90.7 Å². The third-order valence-corrected chi connectivity index (χ3v) is 12.7. The Kier molecular flexibility index (Phi) is 9.01. The van der Waals surface area contributed by atoms with Crippen LogP contribution in [0.4, 0.5) is 5.69 Å². The van der Waals surface area contributed by atoms with E-state index in [4.69, 9.17) is 16.3 Å². The molecule has 3 aromatic carbocycles. The van der Waals surface area contributed by atoms with Gasteiger partial charge in [-0.1, -0.05) is 39.3 Å². The first-order chi connectivity index (χ1) is 26.2. The van der Waals surface area contributed by atoms with E-state index in [1.807, 2.05) is 36.4 Å². The first-order valence-electron chi connectivity index (χ1n) is 18.8. The van der Waals surface area contributed by atoms with Crippen LogP contribution in [-0.2, 0) is 22.7 Å². The molecule has 0 radical (unpaired) electrons. The predicted molar refractivity (Wildman–Crippen MR) is 203 cm³/mol. The molecule has 1 saturated carbocycles. The first-order valence-corrected chi connectivity index (χ1v) is 19.2. The van der Waals surface area contributed by atoms with Crippen molar-refractivity contribution in [3.63, 3.8) is 0 Å². The van der Waals surface area contributed by atoms with Crippen molar-refractivity contribution in [3.05, 3.63) is 93.0 Å². The number of hydrogen-bond acceptors (Lipinski definition) is 9. The van der Waals surface area contributed by atoms with Crippen molar-refractivity contribution in [2.75, 3.05) is 18.0 Å². The maximum atomic E-state index is 13.5. The van der Waals surface area contributed by atoms with E-state index < -0.39 is 29.7 Å². The third-order valence-electron chi connectivity index (χ3n) is 12.4. The summed E-state index contributed by atoms with van der Waals surface area (Å²) in [6.07, 6.45) is 1.92. The second-order valence-corrected chi connectivity index (χ2v) is 17.0. The van der Waals surface area contributed by atoms with E-state index in [2.05, 4.69) is 54.2 Å². The van der Waals surface area contributed by atoms with Crippen LogP contribution in [-0.4, -0.2) is 76.7 Å². The zero-order valence-electron chi connectivity index (χ0n) is 31.3.